The number of carbonyl (C=O) groups excluding carboxylic acids is 2. The lowest BCUT2D eigenvalue weighted by Gasteiger charge is -2.36. The lowest BCUT2D eigenvalue weighted by molar-refractivity contribution is -0.126. The molecule has 1 aromatic carbocycles. The smallest absolute Gasteiger partial charge is 0.238 e. The molecular weight excluding hydrogens is 314 g/mol. The molecule has 1 fully saturated rings. The average Bonchev–Trinajstić information content (AvgIpc) is 2.99. The van der Waals surface area contributed by atoms with Crippen LogP contribution in [0.3, 0.4) is 0 Å². The van der Waals surface area contributed by atoms with E-state index in [-0.39, 0.29) is 30.3 Å². The molecule has 1 aliphatic rings. The Morgan fingerprint density at radius 1 is 1.39 bits per heavy atom. The molecule has 2 amide bonds. The van der Waals surface area contributed by atoms with E-state index in [4.69, 9.17) is 5.73 Å². The fraction of sp³-hybridized carbons (Fsp3) is 0.467. The van der Waals surface area contributed by atoms with Gasteiger partial charge in [-0.05, 0) is 31.9 Å². The van der Waals surface area contributed by atoms with Crippen LogP contribution in [0.5, 0.6) is 0 Å². The van der Waals surface area contributed by atoms with Gasteiger partial charge in [-0.3, -0.25) is 14.5 Å². The molecule has 0 spiro atoms. The first-order valence-electron chi connectivity index (χ1n) is 7.59. The van der Waals surface area contributed by atoms with Crippen molar-refractivity contribution in [1.29, 1.82) is 0 Å². The molecule has 2 heterocycles. The van der Waals surface area contributed by atoms with Crippen molar-refractivity contribution in [2.24, 2.45) is 11.7 Å². The highest BCUT2D eigenvalue weighted by atomic mass is 32.1. The third-order valence-corrected chi connectivity index (χ3v) is 4.86. The normalized spacial score (nSPS) is 22.1. The third kappa shape index (κ3) is 3.48. The van der Waals surface area contributed by atoms with E-state index in [2.05, 4.69) is 21.0 Å². The second-order valence-corrected chi connectivity index (χ2v) is 6.47. The fourth-order valence-corrected chi connectivity index (χ4v) is 3.46. The molecule has 2 atom stereocenters. The number of hydrogen-bond donors (Lipinski definition) is 2. The van der Waals surface area contributed by atoms with E-state index in [1.807, 2.05) is 23.1 Å². The number of nitrogens with zero attached hydrogens (tertiary/aromatic N) is 3. The van der Waals surface area contributed by atoms with Crippen molar-refractivity contribution in [3.8, 4) is 0 Å². The lowest BCUT2D eigenvalue weighted by Crippen LogP contribution is -2.48. The number of primary amides is 1. The number of aromatic nitrogens is 2. The Morgan fingerprint density at radius 2 is 2.22 bits per heavy atom. The van der Waals surface area contributed by atoms with Crippen molar-refractivity contribution in [3.63, 3.8) is 0 Å². The van der Waals surface area contributed by atoms with Gasteiger partial charge in [0, 0.05) is 12.6 Å². The lowest BCUT2D eigenvalue weighted by atomic mass is 9.93. The molecule has 0 saturated carbocycles. The van der Waals surface area contributed by atoms with Gasteiger partial charge in [0.1, 0.15) is 11.0 Å². The summed E-state index contributed by atoms with van der Waals surface area (Å²) < 4.78 is 8.37. The number of anilines is 1. The van der Waals surface area contributed by atoms with Gasteiger partial charge >= 0.3 is 0 Å². The molecule has 3 rings (SSSR count). The van der Waals surface area contributed by atoms with Crippen LogP contribution in [0.2, 0.25) is 0 Å². The minimum Gasteiger partial charge on any atom is -0.369 e. The molecule has 0 bridgehead atoms. The SMILES string of the molecule is C[C@@H]1CC[C@@H](C(N)=O)CN1CC(=O)Nc1cccc2nsnc12. The Labute approximate surface area is 138 Å². The number of nitrogens with two attached hydrogens (primary N) is 1. The number of piperidine rings is 1. The van der Waals surface area contributed by atoms with Crippen LogP contribution in [0.4, 0.5) is 5.69 Å². The predicted molar refractivity (Wildman–Crippen MR) is 89.0 cm³/mol. The summed E-state index contributed by atoms with van der Waals surface area (Å²) in [6.45, 7) is 2.83. The van der Waals surface area contributed by atoms with Gasteiger partial charge in [-0.25, -0.2) is 0 Å². The number of nitrogens with one attached hydrogen (secondary N) is 1. The van der Waals surface area contributed by atoms with Gasteiger partial charge < -0.3 is 11.1 Å². The van der Waals surface area contributed by atoms with Crippen molar-refractivity contribution in [1.82, 2.24) is 13.6 Å². The zero-order valence-corrected chi connectivity index (χ0v) is 13.7. The summed E-state index contributed by atoms with van der Waals surface area (Å²) in [5, 5.41) is 2.89. The van der Waals surface area contributed by atoms with Crippen LogP contribution in [-0.4, -0.2) is 44.6 Å². The minimum atomic E-state index is -0.291. The van der Waals surface area contributed by atoms with Gasteiger partial charge in [0.25, 0.3) is 0 Å². The van der Waals surface area contributed by atoms with Crippen LogP contribution in [0, 0.1) is 5.92 Å². The van der Waals surface area contributed by atoms with Gasteiger partial charge in [0.15, 0.2) is 0 Å². The maximum Gasteiger partial charge on any atom is 0.238 e. The Bertz CT molecular complexity index is 731. The van der Waals surface area contributed by atoms with Crippen LogP contribution < -0.4 is 11.1 Å². The van der Waals surface area contributed by atoms with Crippen LogP contribution >= 0.6 is 11.7 Å². The number of carbonyl (C=O) groups is 2. The molecule has 23 heavy (non-hydrogen) atoms. The minimum absolute atomic E-state index is 0.123. The number of likely N-dealkylation sites (tertiary alicyclic amines) is 1. The second kappa shape index (κ2) is 6.59. The standard InChI is InChI=1S/C15H19N5O2S/c1-9-5-6-10(15(16)22)7-20(9)8-13(21)17-11-3-2-4-12-14(11)19-23-18-12/h2-4,9-10H,5-8H2,1H3,(H2,16,22)(H,17,21)/t9-,10-/m1/s1. The zero-order valence-electron chi connectivity index (χ0n) is 12.9. The Hall–Kier alpha value is -2.06. The van der Waals surface area contributed by atoms with Crippen LogP contribution in [0.15, 0.2) is 18.2 Å². The maximum absolute atomic E-state index is 12.4. The fourth-order valence-electron chi connectivity index (χ4n) is 2.91. The molecule has 1 aliphatic heterocycles. The van der Waals surface area contributed by atoms with Crippen molar-refractivity contribution in [3.05, 3.63) is 18.2 Å². The highest BCUT2D eigenvalue weighted by Gasteiger charge is 2.29. The van der Waals surface area contributed by atoms with Crippen LogP contribution in [-0.2, 0) is 9.59 Å². The van der Waals surface area contributed by atoms with E-state index >= 15 is 0 Å². The number of fused-ring (bicyclic) bond motifs is 1. The molecule has 0 radical (unpaired) electrons. The summed E-state index contributed by atoms with van der Waals surface area (Å²) in [5.41, 5.74) is 7.54. The zero-order chi connectivity index (χ0) is 16.4. The Morgan fingerprint density at radius 3 is 3.00 bits per heavy atom. The van der Waals surface area contributed by atoms with Gasteiger partial charge in [-0.2, -0.15) is 8.75 Å². The Balaban J connectivity index is 1.66. The molecule has 8 heteroatoms. The van der Waals surface area contributed by atoms with Crippen LogP contribution in [0.25, 0.3) is 11.0 Å². The predicted octanol–water partition coefficient (Wildman–Crippen LogP) is 1.22. The molecule has 1 aromatic heterocycles. The first-order valence-corrected chi connectivity index (χ1v) is 8.32. The van der Waals surface area contributed by atoms with Crippen molar-refractivity contribution in [2.45, 2.75) is 25.8 Å². The summed E-state index contributed by atoms with van der Waals surface area (Å²) in [6.07, 6.45) is 1.66. The maximum atomic E-state index is 12.4. The Kier molecular flexibility index (Phi) is 4.53. The molecule has 1 saturated heterocycles. The van der Waals surface area contributed by atoms with Crippen molar-refractivity contribution >= 4 is 40.3 Å². The molecule has 7 nitrogen and oxygen atoms in total. The average molecular weight is 333 g/mol. The quantitative estimate of drug-likeness (QED) is 0.876. The first kappa shape index (κ1) is 15.8. The molecule has 122 valence electrons. The topological polar surface area (TPSA) is 101 Å². The molecule has 0 aliphatic carbocycles. The van der Waals surface area contributed by atoms with Gasteiger partial charge in [0.2, 0.25) is 11.8 Å². The number of benzene rings is 1. The van der Waals surface area contributed by atoms with Gasteiger partial charge in [-0.1, -0.05) is 6.07 Å². The number of rotatable bonds is 4. The summed E-state index contributed by atoms with van der Waals surface area (Å²) in [6, 6.07) is 5.77. The molecular formula is C15H19N5O2S. The van der Waals surface area contributed by atoms with Crippen molar-refractivity contribution in [2.75, 3.05) is 18.4 Å². The molecule has 3 N–H and O–H groups in total. The van der Waals surface area contributed by atoms with E-state index < -0.39 is 0 Å². The number of amides is 2. The number of hydrogen-bond acceptors (Lipinski definition) is 6. The first-order chi connectivity index (χ1) is 11.0. The highest BCUT2D eigenvalue weighted by Crippen LogP contribution is 2.23. The van der Waals surface area contributed by atoms with Gasteiger partial charge in [-0.15, -0.1) is 0 Å². The van der Waals surface area contributed by atoms with E-state index in [1.54, 1.807) is 0 Å². The van der Waals surface area contributed by atoms with Crippen molar-refractivity contribution < 1.29 is 9.59 Å². The van der Waals surface area contributed by atoms with E-state index in [9.17, 15) is 9.59 Å². The van der Waals surface area contributed by atoms with E-state index in [0.717, 1.165) is 30.1 Å². The van der Waals surface area contributed by atoms with Crippen LogP contribution in [0.1, 0.15) is 19.8 Å². The summed E-state index contributed by atoms with van der Waals surface area (Å²) in [7, 11) is 0. The van der Waals surface area contributed by atoms with E-state index in [1.165, 1.54) is 0 Å². The summed E-state index contributed by atoms with van der Waals surface area (Å²) in [5.74, 6) is -0.590. The summed E-state index contributed by atoms with van der Waals surface area (Å²) >= 11 is 1.12. The molecule has 0 unspecified atom stereocenters. The monoisotopic (exact) mass is 333 g/mol. The second-order valence-electron chi connectivity index (χ2n) is 5.94. The molecule has 2 aromatic rings. The van der Waals surface area contributed by atoms with Gasteiger partial charge in [0.05, 0.1) is 29.9 Å². The summed E-state index contributed by atoms with van der Waals surface area (Å²) in [4.78, 5) is 25.7. The highest BCUT2D eigenvalue weighted by molar-refractivity contribution is 7.00. The third-order valence-electron chi connectivity index (χ3n) is 4.32. The van der Waals surface area contributed by atoms with E-state index in [0.29, 0.717) is 17.7 Å². The largest absolute Gasteiger partial charge is 0.369 e.